The van der Waals surface area contributed by atoms with Gasteiger partial charge in [0.1, 0.15) is 0 Å². The molecule has 2 aromatic carbocycles. The Morgan fingerprint density at radius 1 is 1.04 bits per heavy atom. The number of rotatable bonds is 4. The fraction of sp³-hybridized carbons (Fsp3) is 0.348. The van der Waals surface area contributed by atoms with Crippen LogP contribution < -0.4 is 0 Å². The number of carbonyl (C=O) groups excluding carboxylic acids is 1. The number of carbonyl (C=O) groups is 1. The van der Waals surface area contributed by atoms with E-state index in [1.807, 2.05) is 0 Å². The Morgan fingerprint density at radius 2 is 1.79 bits per heavy atom. The highest BCUT2D eigenvalue weighted by molar-refractivity contribution is 5.96. The molecule has 124 valence electrons. The van der Waals surface area contributed by atoms with E-state index >= 15 is 0 Å². The lowest BCUT2D eigenvalue weighted by molar-refractivity contribution is -0.116. The summed E-state index contributed by atoms with van der Waals surface area (Å²) in [6.45, 7) is 6.65. The average molecular weight is 318 g/mol. The van der Waals surface area contributed by atoms with Crippen molar-refractivity contribution in [1.82, 2.24) is 0 Å². The molecule has 24 heavy (non-hydrogen) atoms. The summed E-state index contributed by atoms with van der Waals surface area (Å²) in [6.07, 6.45) is 5.66. The van der Waals surface area contributed by atoms with Gasteiger partial charge < -0.3 is 0 Å². The van der Waals surface area contributed by atoms with E-state index in [-0.39, 0.29) is 0 Å². The Bertz CT molecular complexity index is 766. The van der Waals surface area contributed by atoms with Gasteiger partial charge in [-0.25, -0.2) is 0 Å². The Kier molecular flexibility index (Phi) is 4.99. The number of Topliss-reactive ketones (excluding diaryl/α,β-unsaturated/α-hetero) is 1. The minimum atomic E-state index is 0.330. The lowest BCUT2D eigenvalue weighted by Crippen LogP contribution is -2.12. The highest BCUT2D eigenvalue weighted by Gasteiger charge is 2.20. The SMILES string of the molecule is Cc1ccc(C(C)C)c(CC2=CCCCC2=O)c1-c1ccccc1. The lowest BCUT2D eigenvalue weighted by Gasteiger charge is -2.22. The van der Waals surface area contributed by atoms with E-state index in [4.69, 9.17) is 0 Å². The van der Waals surface area contributed by atoms with E-state index < -0.39 is 0 Å². The molecule has 0 spiro atoms. The van der Waals surface area contributed by atoms with Crippen molar-refractivity contribution in [2.75, 3.05) is 0 Å². The van der Waals surface area contributed by atoms with E-state index in [1.54, 1.807) is 0 Å². The fourth-order valence-corrected chi connectivity index (χ4v) is 3.69. The summed E-state index contributed by atoms with van der Waals surface area (Å²) in [5.41, 5.74) is 7.53. The summed E-state index contributed by atoms with van der Waals surface area (Å²) in [7, 11) is 0. The van der Waals surface area contributed by atoms with Crippen LogP contribution in [0.1, 0.15) is 55.7 Å². The Balaban J connectivity index is 2.16. The summed E-state index contributed by atoms with van der Waals surface area (Å²) in [4.78, 5) is 12.3. The molecular weight excluding hydrogens is 292 g/mol. The molecule has 1 aliphatic carbocycles. The zero-order chi connectivity index (χ0) is 17.1. The van der Waals surface area contributed by atoms with Crippen molar-refractivity contribution in [3.63, 3.8) is 0 Å². The number of benzene rings is 2. The van der Waals surface area contributed by atoms with Gasteiger partial charge in [-0.15, -0.1) is 0 Å². The van der Waals surface area contributed by atoms with Crippen LogP contribution in [0.4, 0.5) is 0 Å². The van der Waals surface area contributed by atoms with Gasteiger partial charge in [0, 0.05) is 12.8 Å². The monoisotopic (exact) mass is 318 g/mol. The van der Waals surface area contributed by atoms with E-state index in [9.17, 15) is 4.79 Å². The van der Waals surface area contributed by atoms with Crippen LogP contribution >= 0.6 is 0 Å². The predicted molar refractivity (Wildman–Crippen MR) is 101 cm³/mol. The standard InChI is InChI=1S/C23H26O/c1-16(2)20-14-13-17(3)23(18-9-5-4-6-10-18)21(20)15-19-11-7-8-12-22(19)24/h4-6,9-11,13-14,16H,7-8,12,15H2,1-3H3. The third kappa shape index (κ3) is 3.36. The van der Waals surface area contributed by atoms with Gasteiger partial charge in [0.05, 0.1) is 0 Å². The average Bonchev–Trinajstić information content (AvgIpc) is 2.57. The van der Waals surface area contributed by atoms with Gasteiger partial charge in [-0.1, -0.05) is 62.4 Å². The lowest BCUT2D eigenvalue weighted by atomic mass is 9.82. The van der Waals surface area contributed by atoms with E-state index in [1.165, 1.54) is 27.8 Å². The van der Waals surface area contributed by atoms with Crippen LogP contribution in [0, 0.1) is 6.92 Å². The maximum atomic E-state index is 12.3. The predicted octanol–water partition coefficient (Wildman–Crippen LogP) is 6.01. The summed E-state index contributed by atoms with van der Waals surface area (Å²) < 4.78 is 0. The molecule has 0 N–H and O–H groups in total. The van der Waals surface area contributed by atoms with Crippen LogP contribution in [-0.2, 0) is 11.2 Å². The first-order chi connectivity index (χ1) is 11.6. The van der Waals surface area contributed by atoms with Gasteiger partial charge in [-0.2, -0.15) is 0 Å². The first-order valence-electron chi connectivity index (χ1n) is 8.98. The van der Waals surface area contributed by atoms with Gasteiger partial charge in [0.25, 0.3) is 0 Å². The Hall–Kier alpha value is -2.15. The quantitative estimate of drug-likeness (QED) is 0.675. The van der Waals surface area contributed by atoms with Crippen LogP contribution in [0.25, 0.3) is 11.1 Å². The molecule has 1 aliphatic rings. The van der Waals surface area contributed by atoms with Crippen molar-refractivity contribution in [1.29, 1.82) is 0 Å². The molecule has 0 radical (unpaired) electrons. The van der Waals surface area contributed by atoms with Gasteiger partial charge in [-0.05, 0) is 59.1 Å². The molecule has 0 unspecified atom stereocenters. The molecule has 0 aliphatic heterocycles. The number of aryl methyl sites for hydroxylation is 1. The largest absolute Gasteiger partial charge is 0.295 e. The molecule has 0 fully saturated rings. The second kappa shape index (κ2) is 7.17. The number of hydrogen-bond donors (Lipinski definition) is 0. The van der Waals surface area contributed by atoms with E-state index in [0.717, 1.165) is 24.8 Å². The maximum absolute atomic E-state index is 12.3. The smallest absolute Gasteiger partial charge is 0.158 e. The van der Waals surface area contributed by atoms with Gasteiger partial charge in [0.2, 0.25) is 0 Å². The molecule has 0 saturated carbocycles. The van der Waals surface area contributed by atoms with E-state index in [2.05, 4.69) is 69.3 Å². The van der Waals surface area contributed by atoms with Crippen molar-refractivity contribution >= 4 is 5.78 Å². The Labute approximate surface area is 145 Å². The number of ketones is 1. The van der Waals surface area contributed by atoms with Crippen molar-refractivity contribution < 1.29 is 4.79 Å². The topological polar surface area (TPSA) is 17.1 Å². The number of allylic oxidation sites excluding steroid dienone is 2. The molecule has 0 bridgehead atoms. The Morgan fingerprint density at radius 3 is 2.46 bits per heavy atom. The van der Waals surface area contributed by atoms with Crippen molar-refractivity contribution in [3.05, 3.63) is 70.8 Å². The molecular formula is C23H26O. The first-order valence-corrected chi connectivity index (χ1v) is 8.98. The molecule has 0 amide bonds. The highest BCUT2D eigenvalue weighted by atomic mass is 16.1. The van der Waals surface area contributed by atoms with Gasteiger partial charge in [-0.3, -0.25) is 4.79 Å². The molecule has 0 atom stereocenters. The number of hydrogen-bond acceptors (Lipinski definition) is 1. The second-order valence-corrected chi connectivity index (χ2v) is 7.07. The molecule has 1 nitrogen and oxygen atoms in total. The van der Waals surface area contributed by atoms with Crippen LogP contribution in [0.5, 0.6) is 0 Å². The molecule has 1 heteroatoms. The summed E-state index contributed by atoms with van der Waals surface area (Å²) in [5, 5.41) is 0. The zero-order valence-electron chi connectivity index (χ0n) is 14.9. The van der Waals surface area contributed by atoms with Gasteiger partial charge in [0.15, 0.2) is 5.78 Å². The van der Waals surface area contributed by atoms with Crippen LogP contribution in [0.3, 0.4) is 0 Å². The summed E-state index contributed by atoms with van der Waals surface area (Å²) in [6, 6.07) is 15.0. The second-order valence-electron chi connectivity index (χ2n) is 7.07. The third-order valence-electron chi connectivity index (χ3n) is 4.97. The minimum Gasteiger partial charge on any atom is -0.295 e. The highest BCUT2D eigenvalue weighted by Crippen LogP contribution is 2.35. The molecule has 0 aromatic heterocycles. The molecule has 3 rings (SSSR count). The van der Waals surface area contributed by atoms with Crippen molar-refractivity contribution in [2.45, 2.75) is 52.4 Å². The first kappa shape index (κ1) is 16.7. The molecule has 0 heterocycles. The molecule has 2 aromatic rings. The third-order valence-corrected chi connectivity index (χ3v) is 4.97. The van der Waals surface area contributed by atoms with Gasteiger partial charge >= 0.3 is 0 Å². The van der Waals surface area contributed by atoms with Crippen LogP contribution in [0.15, 0.2) is 54.1 Å². The van der Waals surface area contributed by atoms with E-state index in [0.29, 0.717) is 18.1 Å². The van der Waals surface area contributed by atoms with Crippen molar-refractivity contribution in [2.24, 2.45) is 0 Å². The summed E-state index contributed by atoms with van der Waals surface area (Å²) >= 11 is 0. The van der Waals surface area contributed by atoms with Crippen LogP contribution in [0.2, 0.25) is 0 Å². The minimum absolute atomic E-state index is 0.330. The molecule has 0 saturated heterocycles. The normalized spacial score (nSPS) is 14.8. The maximum Gasteiger partial charge on any atom is 0.158 e. The van der Waals surface area contributed by atoms with Crippen molar-refractivity contribution in [3.8, 4) is 11.1 Å². The summed E-state index contributed by atoms with van der Waals surface area (Å²) in [5.74, 6) is 0.777. The zero-order valence-corrected chi connectivity index (χ0v) is 14.9. The fourth-order valence-electron chi connectivity index (χ4n) is 3.69. The van der Waals surface area contributed by atoms with Crippen LogP contribution in [-0.4, -0.2) is 5.78 Å².